The van der Waals surface area contributed by atoms with Crippen molar-refractivity contribution in [3.8, 4) is 11.5 Å². The van der Waals surface area contributed by atoms with Crippen molar-refractivity contribution in [3.05, 3.63) is 83.7 Å². The van der Waals surface area contributed by atoms with Crippen LogP contribution in [0.1, 0.15) is 42.1 Å². The van der Waals surface area contributed by atoms with Crippen LogP contribution in [0.5, 0.6) is 0 Å². The van der Waals surface area contributed by atoms with Crippen molar-refractivity contribution in [2.24, 2.45) is 0 Å². The molecule has 4 aromatic rings. The minimum absolute atomic E-state index is 0.294. The number of benzene rings is 3. The molecule has 1 atom stereocenters. The lowest BCUT2D eigenvalue weighted by Crippen LogP contribution is -2.11. The van der Waals surface area contributed by atoms with Gasteiger partial charge in [-0.2, -0.15) is 0 Å². The summed E-state index contributed by atoms with van der Waals surface area (Å²) in [6, 6.07) is 18.8. The summed E-state index contributed by atoms with van der Waals surface area (Å²) in [5.74, 6) is 0.346. The number of fused-ring (bicyclic) bond motifs is 1. The maximum absolute atomic E-state index is 13.0. The molecule has 29 heavy (non-hydrogen) atoms. The maximum Gasteiger partial charge on any atom is 0.255 e. The predicted octanol–water partition coefficient (Wildman–Crippen LogP) is 6.40. The monoisotopic (exact) mass is 388 g/mol. The summed E-state index contributed by atoms with van der Waals surface area (Å²) in [5, 5.41) is 2.80. The van der Waals surface area contributed by atoms with Crippen LogP contribution in [-0.4, -0.2) is 10.9 Å². The lowest BCUT2D eigenvalue weighted by Gasteiger charge is -2.07. The molecule has 0 aliphatic heterocycles. The molecule has 0 unspecified atom stereocenters. The number of rotatable bonds is 5. The smallest absolute Gasteiger partial charge is 0.255 e. The van der Waals surface area contributed by atoms with Crippen LogP contribution in [0.25, 0.3) is 22.6 Å². The van der Waals surface area contributed by atoms with Crippen LogP contribution in [0.15, 0.2) is 71.1 Å². The lowest BCUT2D eigenvalue weighted by molar-refractivity contribution is 0.102. The topological polar surface area (TPSA) is 55.1 Å². The van der Waals surface area contributed by atoms with E-state index in [0.29, 0.717) is 23.1 Å². The van der Waals surface area contributed by atoms with Crippen molar-refractivity contribution >= 4 is 22.7 Å². The molecule has 3 aromatic carbocycles. The van der Waals surface area contributed by atoms with Gasteiger partial charge >= 0.3 is 0 Å². The van der Waals surface area contributed by atoms with Gasteiger partial charge in [0.2, 0.25) is 5.89 Å². The fourth-order valence-corrected chi connectivity index (χ4v) is 3.11. The number of hydrogen-bond donors (Lipinski definition) is 1. The second-order valence-corrected chi connectivity index (χ2v) is 7.09. The van der Waals surface area contributed by atoms with Gasteiger partial charge in [0, 0.05) is 16.8 Å². The van der Waals surface area contributed by atoms with Crippen molar-refractivity contribution in [2.45, 2.75) is 26.2 Å². The largest absolute Gasteiger partial charge is 0.436 e. The van der Waals surface area contributed by atoms with E-state index in [4.69, 9.17) is 4.42 Å². The zero-order valence-corrected chi connectivity index (χ0v) is 16.3. The van der Waals surface area contributed by atoms with Crippen molar-refractivity contribution < 1.29 is 13.6 Å². The molecule has 1 amide bonds. The summed E-state index contributed by atoms with van der Waals surface area (Å²) < 4.78 is 18.9. The van der Waals surface area contributed by atoms with Gasteiger partial charge < -0.3 is 9.73 Å². The molecule has 0 radical (unpaired) electrons. The molecule has 1 aromatic heterocycles. The van der Waals surface area contributed by atoms with Crippen LogP contribution in [0.3, 0.4) is 0 Å². The summed E-state index contributed by atoms with van der Waals surface area (Å²) in [6.45, 7) is 4.36. The Morgan fingerprint density at radius 2 is 1.79 bits per heavy atom. The Bertz CT molecular complexity index is 1150. The fourth-order valence-electron chi connectivity index (χ4n) is 3.11. The summed E-state index contributed by atoms with van der Waals surface area (Å²) in [7, 11) is 0. The third-order valence-electron chi connectivity index (χ3n) is 5.09. The first-order valence-electron chi connectivity index (χ1n) is 9.61. The minimum Gasteiger partial charge on any atom is -0.436 e. The number of aromatic nitrogens is 1. The van der Waals surface area contributed by atoms with E-state index in [1.54, 1.807) is 12.1 Å². The van der Waals surface area contributed by atoms with E-state index in [0.717, 1.165) is 23.1 Å². The number of hydrogen-bond acceptors (Lipinski definition) is 3. The number of nitrogens with zero attached hydrogens (tertiary/aromatic N) is 1. The Labute approximate surface area is 168 Å². The molecule has 0 aliphatic carbocycles. The van der Waals surface area contributed by atoms with Crippen molar-refractivity contribution in [1.29, 1.82) is 0 Å². The van der Waals surface area contributed by atoms with E-state index in [1.807, 2.05) is 18.2 Å². The Morgan fingerprint density at radius 3 is 2.48 bits per heavy atom. The van der Waals surface area contributed by atoms with Gasteiger partial charge in [-0.1, -0.05) is 19.9 Å². The van der Waals surface area contributed by atoms with Crippen LogP contribution < -0.4 is 5.32 Å². The standard InChI is InChI=1S/C24H21FN2O2/c1-3-15(2)18-8-13-22-21(14-18)27-24(29-22)17-6-11-20(12-7-17)26-23(28)16-4-9-19(25)10-5-16/h4-15H,3H2,1-2H3,(H,26,28)/t15-/m1/s1. The number of halogens is 1. The molecule has 0 aliphatic rings. The average molecular weight is 388 g/mol. The van der Waals surface area contributed by atoms with E-state index >= 15 is 0 Å². The third kappa shape index (κ3) is 4.04. The normalized spacial score (nSPS) is 12.1. The Kier molecular flexibility index (Phi) is 5.12. The molecule has 0 bridgehead atoms. The number of nitrogens with one attached hydrogen (secondary N) is 1. The quantitative estimate of drug-likeness (QED) is 0.430. The van der Waals surface area contributed by atoms with E-state index < -0.39 is 0 Å². The van der Waals surface area contributed by atoms with E-state index in [9.17, 15) is 9.18 Å². The molecule has 0 fully saturated rings. The molecule has 1 N–H and O–H groups in total. The van der Waals surface area contributed by atoms with Crippen molar-refractivity contribution in [2.75, 3.05) is 5.32 Å². The highest BCUT2D eigenvalue weighted by molar-refractivity contribution is 6.04. The fraction of sp³-hybridized carbons (Fsp3) is 0.167. The number of carbonyl (C=O) groups is 1. The summed E-state index contributed by atoms with van der Waals surface area (Å²) in [4.78, 5) is 16.9. The average Bonchev–Trinajstić information content (AvgIpc) is 3.17. The minimum atomic E-state index is -0.375. The SMILES string of the molecule is CC[C@@H](C)c1ccc2oc(-c3ccc(NC(=O)c4ccc(F)cc4)cc3)nc2c1. The molecule has 1 heterocycles. The summed E-state index contributed by atoms with van der Waals surface area (Å²) in [6.07, 6.45) is 1.07. The van der Waals surface area contributed by atoms with Gasteiger partial charge in [0.05, 0.1) is 0 Å². The Balaban J connectivity index is 1.52. The molecule has 0 saturated heterocycles. The molecule has 0 spiro atoms. The highest BCUT2D eigenvalue weighted by atomic mass is 19.1. The molecule has 5 heteroatoms. The van der Waals surface area contributed by atoms with E-state index in [-0.39, 0.29) is 11.7 Å². The van der Waals surface area contributed by atoms with Crippen LogP contribution in [0.2, 0.25) is 0 Å². The number of oxazole rings is 1. The van der Waals surface area contributed by atoms with E-state index in [1.165, 1.54) is 29.8 Å². The Morgan fingerprint density at radius 1 is 1.07 bits per heavy atom. The van der Waals surface area contributed by atoms with Gasteiger partial charge in [-0.05, 0) is 78.6 Å². The van der Waals surface area contributed by atoms with Crippen LogP contribution in [0, 0.1) is 5.82 Å². The van der Waals surface area contributed by atoms with Gasteiger partial charge in [0.15, 0.2) is 5.58 Å². The Hall–Kier alpha value is -3.47. The van der Waals surface area contributed by atoms with Crippen molar-refractivity contribution in [3.63, 3.8) is 0 Å². The molecular weight excluding hydrogens is 367 g/mol. The van der Waals surface area contributed by atoms with Crippen LogP contribution in [-0.2, 0) is 0 Å². The summed E-state index contributed by atoms with van der Waals surface area (Å²) in [5.41, 5.74) is 4.70. The predicted molar refractivity (Wildman–Crippen MR) is 113 cm³/mol. The molecule has 146 valence electrons. The second kappa shape index (κ2) is 7.87. The lowest BCUT2D eigenvalue weighted by atomic mass is 9.98. The molecular formula is C24H21FN2O2. The van der Waals surface area contributed by atoms with Gasteiger partial charge in [0.25, 0.3) is 5.91 Å². The highest BCUT2D eigenvalue weighted by Gasteiger charge is 2.12. The zero-order valence-electron chi connectivity index (χ0n) is 16.3. The van der Waals surface area contributed by atoms with Crippen molar-refractivity contribution in [1.82, 2.24) is 4.98 Å². The van der Waals surface area contributed by atoms with Gasteiger partial charge in [0.1, 0.15) is 11.3 Å². The van der Waals surface area contributed by atoms with Gasteiger partial charge in [-0.25, -0.2) is 9.37 Å². The zero-order chi connectivity index (χ0) is 20.4. The maximum atomic E-state index is 13.0. The number of amides is 1. The second-order valence-electron chi connectivity index (χ2n) is 7.09. The van der Waals surface area contributed by atoms with Gasteiger partial charge in [-0.3, -0.25) is 4.79 Å². The summed E-state index contributed by atoms with van der Waals surface area (Å²) >= 11 is 0. The molecule has 0 saturated carbocycles. The molecule has 4 rings (SSSR count). The first-order chi connectivity index (χ1) is 14.0. The first kappa shape index (κ1) is 18.9. The molecule has 4 nitrogen and oxygen atoms in total. The number of carbonyl (C=O) groups excluding carboxylic acids is 1. The van der Waals surface area contributed by atoms with Gasteiger partial charge in [-0.15, -0.1) is 0 Å². The first-order valence-corrected chi connectivity index (χ1v) is 9.61. The van der Waals surface area contributed by atoms with Crippen LogP contribution >= 0.6 is 0 Å². The number of anilines is 1. The van der Waals surface area contributed by atoms with E-state index in [2.05, 4.69) is 36.3 Å². The highest BCUT2D eigenvalue weighted by Crippen LogP contribution is 2.28. The third-order valence-corrected chi connectivity index (χ3v) is 5.09. The van der Waals surface area contributed by atoms with Crippen LogP contribution in [0.4, 0.5) is 10.1 Å².